The van der Waals surface area contributed by atoms with Gasteiger partial charge in [0.15, 0.2) is 0 Å². The summed E-state index contributed by atoms with van der Waals surface area (Å²) in [5, 5.41) is 4.97. The molecule has 0 aliphatic carbocycles. The van der Waals surface area contributed by atoms with Gasteiger partial charge in [-0.05, 0) is 46.4 Å². The third-order valence-electron chi connectivity index (χ3n) is 4.43. The van der Waals surface area contributed by atoms with Crippen LogP contribution in [-0.4, -0.2) is 37.0 Å². The van der Waals surface area contributed by atoms with Crippen LogP contribution >= 0.6 is 27.7 Å². The minimum absolute atomic E-state index is 0.306. The van der Waals surface area contributed by atoms with Crippen LogP contribution in [0.15, 0.2) is 65.1 Å². The third-order valence-corrected chi connectivity index (χ3v) is 5.59. The second kappa shape index (κ2) is 9.26. The number of rotatable bonds is 6. The van der Waals surface area contributed by atoms with Gasteiger partial charge in [-0.2, -0.15) is 11.8 Å². The summed E-state index contributed by atoms with van der Waals surface area (Å²) in [6, 6.07) is 18.9. The molecule has 6 heteroatoms. The van der Waals surface area contributed by atoms with Crippen molar-refractivity contribution in [2.75, 3.05) is 19.1 Å². The molecule has 0 spiro atoms. The number of benzene rings is 3. The Hall–Kier alpha value is -2.31. The van der Waals surface area contributed by atoms with Crippen LogP contribution in [0.4, 0.5) is 0 Å². The average molecular weight is 458 g/mol. The quantitative estimate of drug-likeness (QED) is 0.534. The first-order valence-corrected chi connectivity index (χ1v) is 10.9. The molecule has 144 valence electrons. The van der Waals surface area contributed by atoms with Gasteiger partial charge in [0, 0.05) is 15.8 Å². The van der Waals surface area contributed by atoms with Gasteiger partial charge in [0.25, 0.3) is 5.91 Å². The van der Waals surface area contributed by atoms with Crippen molar-refractivity contribution in [3.8, 4) is 11.1 Å². The molecule has 0 aliphatic rings. The van der Waals surface area contributed by atoms with Crippen LogP contribution in [0.25, 0.3) is 21.9 Å². The molecule has 1 N–H and O–H groups in total. The SMILES string of the molecule is COC(=O)[C@H](CSC)NC(=O)c1ccc(Br)cc1-c1cccc2ccccc12. The van der Waals surface area contributed by atoms with E-state index in [9.17, 15) is 9.59 Å². The summed E-state index contributed by atoms with van der Waals surface area (Å²) in [4.78, 5) is 25.0. The number of esters is 1. The molecule has 3 aromatic carbocycles. The van der Waals surface area contributed by atoms with Crippen molar-refractivity contribution >= 4 is 50.3 Å². The molecule has 1 atom stereocenters. The van der Waals surface area contributed by atoms with Crippen molar-refractivity contribution in [3.05, 3.63) is 70.7 Å². The summed E-state index contributed by atoms with van der Waals surface area (Å²) in [5.41, 5.74) is 2.27. The lowest BCUT2D eigenvalue weighted by Gasteiger charge is -2.18. The Bertz CT molecular complexity index is 1020. The molecular formula is C22H20BrNO3S. The molecule has 0 aliphatic heterocycles. The van der Waals surface area contributed by atoms with Crippen molar-refractivity contribution in [1.82, 2.24) is 5.32 Å². The second-order valence-electron chi connectivity index (χ2n) is 6.22. The highest BCUT2D eigenvalue weighted by atomic mass is 79.9. The molecule has 0 saturated carbocycles. The van der Waals surface area contributed by atoms with Crippen molar-refractivity contribution in [3.63, 3.8) is 0 Å². The predicted molar refractivity (Wildman–Crippen MR) is 119 cm³/mol. The summed E-state index contributed by atoms with van der Waals surface area (Å²) < 4.78 is 5.69. The van der Waals surface area contributed by atoms with E-state index < -0.39 is 12.0 Å². The average Bonchev–Trinajstić information content (AvgIpc) is 2.72. The summed E-state index contributed by atoms with van der Waals surface area (Å²) in [6.45, 7) is 0. The van der Waals surface area contributed by atoms with Crippen LogP contribution in [0, 0.1) is 0 Å². The van der Waals surface area contributed by atoms with Gasteiger partial charge in [0.2, 0.25) is 0 Å². The Morgan fingerprint density at radius 3 is 2.57 bits per heavy atom. The number of hydrogen-bond donors (Lipinski definition) is 1. The first-order chi connectivity index (χ1) is 13.5. The monoisotopic (exact) mass is 457 g/mol. The van der Waals surface area contributed by atoms with E-state index in [1.807, 2.05) is 60.9 Å². The molecule has 0 aromatic heterocycles. The minimum atomic E-state index is -0.698. The summed E-state index contributed by atoms with van der Waals surface area (Å²) in [5.74, 6) is -0.315. The first-order valence-electron chi connectivity index (χ1n) is 8.70. The fraction of sp³-hybridized carbons (Fsp3) is 0.182. The van der Waals surface area contributed by atoms with Gasteiger partial charge in [-0.15, -0.1) is 0 Å². The largest absolute Gasteiger partial charge is 0.467 e. The normalized spacial score (nSPS) is 11.8. The maximum Gasteiger partial charge on any atom is 0.329 e. The molecule has 0 heterocycles. The number of amides is 1. The lowest BCUT2D eigenvalue weighted by atomic mass is 9.94. The molecule has 0 unspecified atom stereocenters. The zero-order chi connectivity index (χ0) is 20.1. The van der Waals surface area contributed by atoms with Gasteiger partial charge in [-0.25, -0.2) is 4.79 Å². The summed E-state index contributed by atoms with van der Waals surface area (Å²) >= 11 is 4.98. The number of carbonyl (C=O) groups is 2. The Kier molecular flexibility index (Phi) is 6.75. The number of nitrogens with one attached hydrogen (secondary N) is 1. The fourth-order valence-electron chi connectivity index (χ4n) is 3.11. The van der Waals surface area contributed by atoms with E-state index in [0.717, 1.165) is 26.4 Å². The third kappa shape index (κ3) is 4.39. The van der Waals surface area contributed by atoms with E-state index in [-0.39, 0.29) is 5.91 Å². The van der Waals surface area contributed by atoms with Crippen molar-refractivity contribution in [1.29, 1.82) is 0 Å². The summed E-state index contributed by atoms with van der Waals surface area (Å²) in [6.07, 6.45) is 1.88. The standard InChI is InChI=1S/C22H20BrNO3S/c1-27-22(26)20(13-28-2)24-21(25)18-11-10-15(23)12-19(18)17-9-5-7-14-6-3-4-8-16(14)17/h3-12,20H,13H2,1-2H3,(H,24,25)/t20-/m0/s1. The molecule has 3 rings (SSSR count). The zero-order valence-electron chi connectivity index (χ0n) is 15.6. The van der Waals surface area contributed by atoms with E-state index in [0.29, 0.717) is 11.3 Å². The van der Waals surface area contributed by atoms with Crippen LogP contribution in [0.5, 0.6) is 0 Å². The Morgan fingerprint density at radius 1 is 1.07 bits per heavy atom. The number of carbonyl (C=O) groups excluding carboxylic acids is 2. The Labute approximate surface area is 176 Å². The number of halogens is 1. The highest BCUT2D eigenvalue weighted by Crippen LogP contribution is 2.33. The number of hydrogen-bond acceptors (Lipinski definition) is 4. The summed E-state index contributed by atoms with van der Waals surface area (Å²) in [7, 11) is 1.32. The van der Waals surface area contributed by atoms with Crippen LogP contribution in [-0.2, 0) is 9.53 Å². The van der Waals surface area contributed by atoms with E-state index in [2.05, 4.69) is 21.2 Å². The van der Waals surface area contributed by atoms with Gasteiger partial charge >= 0.3 is 5.97 Å². The Balaban J connectivity index is 2.06. The minimum Gasteiger partial charge on any atom is -0.467 e. The van der Waals surface area contributed by atoms with Gasteiger partial charge < -0.3 is 10.1 Å². The van der Waals surface area contributed by atoms with Crippen molar-refractivity contribution < 1.29 is 14.3 Å². The maximum atomic E-state index is 13.0. The van der Waals surface area contributed by atoms with Crippen LogP contribution in [0.2, 0.25) is 0 Å². The van der Waals surface area contributed by atoms with Gasteiger partial charge in [-0.1, -0.05) is 58.4 Å². The molecule has 0 radical (unpaired) electrons. The molecule has 0 bridgehead atoms. The van der Waals surface area contributed by atoms with E-state index in [1.54, 1.807) is 6.07 Å². The topological polar surface area (TPSA) is 55.4 Å². The molecule has 0 saturated heterocycles. The van der Waals surface area contributed by atoms with Crippen LogP contribution < -0.4 is 5.32 Å². The van der Waals surface area contributed by atoms with Gasteiger partial charge in [-0.3, -0.25) is 4.79 Å². The van der Waals surface area contributed by atoms with Crippen molar-refractivity contribution in [2.24, 2.45) is 0 Å². The highest BCUT2D eigenvalue weighted by Gasteiger charge is 2.23. The van der Waals surface area contributed by atoms with E-state index in [4.69, 9.17) is 4.74 Å². The van der Waals surface area contributed by atoms with Gasteiger partial charge in [0.05, 0.1) is 7.11 Å². The number of ether oxygens (including phenoxy) is 1. The predicted octanol–water partition coefficient (Wildman–Crippen LogP) is 4.90. The second-order valence-corrected chi connectivity index (χ2v) is 8.05. The van der Waals surface area contributed by atoms with Gasteiger partial charge in [0.1, 0.15) is 6.04 Å². The molecule has 0 fully saturated rings. The Morgan fingerprint density at radius 2 is 1.82 bits per heavy atom. The lowest BCUT2D eigenvalue weighted by molar-refractivity contribution is -0.142. The lowest BCUT2D eigenvalue weighted by Crippen LogP contribution is -2.43. The fourth-order valence-corrected chi connectivity index (χ4v) is 4.02. The van der Waals surface area contributed by atoms with E-state index >= 15 is 0 Å². The maximum absolute atomic E-state index is 13.0. The molecule has 28 heavy (non-hydrogen) atoms. The number of thioether (sulfide) groups is 1. The van der Waals surface area contributed by atoms with Crippen LogP contribution in [0.1, 0.15) is 10.4 Å². The first kappa shape index (κ1) is 20.4. The zero-order valence-corrected chi connectivity index (χ0v) is 18.0. The molecule has 1 amide bonds. The smallest absolute Gasteiger partial charge is 0.329 e. The van der Waals surface area contributed by atoms with E-state index in [1.165, 1.54) is 18.9 Å². The molecular weight excluding hydrogens is 438 g/mol. The van der Waals surface area contributed by atoms with Crippen molar-refractivity contribution in [2.45, 2.75) is 6.04 Å². The molecule has 3 aromatic rings. The highest BCUT2D eigenvalue weighted by molar-refractivity contribution is 9.10. The number of fused-ring (bicyclic) bond motifs is 1. The molecule has 4 nitrogen and oxygen atoms in total. The van der Waals surface area contributed by atoms with Crippen LogP contribution in [0.3, 0.4) is 0 Å². The number of methoxy groups -OCH3 is 1.